The molecule has 4 N–H and O–H groups in total. The van der Waals surface area contributed by atoms with Crippen LogP contribution in [-0.4, -0.2) is 105 Å². The van der Waals surface area contributed by atoms with Crippen molar-refractivity contribution in [3.63, 3.8) is 0 Å². The molecule has 0 bridgehead atoms. The zero-order valence-corrected chi connectivity index (χ0v) is 37.9. The van der Waals surface area contributed by atoms with Crippen LogP contribution in [0.15, 0.2) is 24.8 Å². The molecule has 13 nitrogen and oxygen atoms in total. The van der Waals surface area contributed by atoms with Crippen LogP contribution in [0, 0.1) is 40.9 Å². The first kappa shape index (κ1) is 47.1. The highest BCUT2D eigenvalue weighted by Crippen LogP contribution is 2.68. The van der Waals surface area contributed by atoms with Crippen molar-refractivity contribution in [3.05, 3.63) is 24.8 Å². The number of carboxylic acid groups (broad SMARTS) is 1. The number of hydrogen-bond acceptors (Lipinski definition) is 11. The maximum Gasteiger partial charge on any atom is 0.408 e. The number of carbonyl (C=O) groups is 3. The lowest BCUT2D eigenvalue weighted by molar-refractivity contribution is -0.398. The maximum absolute atomic E-state index is 14.8. The van der Waals surface area contributed by atoms with E-state index in [9.17, 15) is 29.7 Å². The summed E-state index contributed by atoms with van der Waals surface area (Å²) in [6, 6.07) is -0.748. The number of aliphatic hydroxyl groups excluding tert-OH is 1. The van der Waals surface area contributed by atoms with Crippen molar-refractivity contribution < 1.29 is 58.1 Å². The minimum absolute atomic E-state index is 0.0296. The zero-order chi connectivity index (χ0) is 44.2. The van der Waals surface area contributed by atoms with Crippen molar-refractivity contribution in [1.82, 2.24) is 5.32 Å². The van der Waals surface area contributed by atoms with Crippen molar-refractivity contribution in [3.8, 4) is 0 Å². The molecule has 1 aliphatic carbocycles. The Labute approximate surface area is 357 Å². The molecule has 0 aromatic carbocycles. The molecular weight excluding hydrogens is 771 g/mol. The van der Waals surface area contributed by atoms with Gasteiger partial charge in [0.1, 0.15) is 18.4 Å². The summed E-state index contributed by atoms with van der Waals surface area (Å²) in [5, 5.41) is 36.2. The Morgan fingerprint density at radius 1 is 0.967 bits per heavy atom. The van der Waals surface area contributed by atoms with Crippen molar-refractivity contribution >= 4 is 17.8 Å². The van der Waals surface area contributed by atoms with E-state index in [0.29, 0.717) is 64.2 Å². The van der Waals surface area contributed by atoms with Gasteiger partial charge in [-0.3, -0.25) is 9.59 Å². The quantitative estimate of drug-likeness (QED) is 0.129. The first-order chi connectivity index (χ1) is 28.1. The van der Waals surface area contributed by atoms with E-state index in [1.165, 1.54) is 6.08 Å². The molecule has 6 aliphatic rings. The van der Waals surface area contributed by atoms with Crippen LogP contribution in [0.25, 0.3) is 0 Å². The molecule has 13 heteroatoms. The fraction of sp³-hybridized carbons (Fsp3) is 0.851. The molecule has 0 radical (unpaired) electrons. The monoisotopic (exact) mass is 846 g/mol. The van der Waals surface area contributed by atoms with Gasteiger partial charge in [-0.15, -0.1) is 0 Å². The van der Waals surface area contributed by atoms with Crippen molar-refractivity contribution in [2.45, 2.75) is 205 Å². The summed E-state index contributed by atoms with van der Waals surface area (Å²) in [7, 11) is 0. The Hall–Kier alpha value is -2.39. The Bertz CT molecular complexity index is 1640. The molecule has 4 saturated heterocycles. The summed E-state index contributed by atoms with van der Waals surface area (Å²) >= 11 is 0. The smallest absolute Gasteiger partial charge is 0.408 e. The third kappa shape index (κ3) is 8.04. The number of aliphatic hydroxyl groups is 2. The highest BCUT2D eigenvalue weighted by atomic mass is 16.8. The largest absolute Gasteiger partial charge is 0.481 e. The van der Waals surface area contributed by atoms with Crippen LogP contribution >= 0.6 is 0 Å². The topological polar surface area (TPSA) is 179 Å². The normalized spacial score (nSPS) is 45.8. The molecule has 0 aromatic heterocycles. The van der Waals surface area contributed by atoms with Crippen LogP contribution in [0.1, 0.15) is 140 Å². The number of rotatable bonds is 14. The summed E-state index contributed by atoms with van der Waals surface area (Å²) in [4.78, 5) is 39.9. The number of Topliss-reactive ketones (excluding diaryl/α,β-unsaturated/α-hetero) is 1. The van der Waals surface area contributed by atoms with Gasteiger partial charge in [0.25, 0.3) is 0 Å². The molecule has 340 valence electrons. The molecule has 1 saturated carbocycles. The number of carboxylic acids is 1. The highest BCUT2D eigenvalue weighted by molar-refractivity contribution is 5.84. The van der Waals surface area contributed by atoms with Crippen molar-refractivity contribution in [2.24, 2.45) is 40.9 Å². The zero-order valence-electron chi connectivity index (χ0n) is 37.9. The van der Waals surface area contributed by atoms with Gasteiger partial charge < -0.3 is 49.1 Å². The third-order valence-corrected chi connectivity index (χ3v) is 16.4. The van der Waals surface area contributed by atoms with Crippen LogP contribution in [0.3, 0.4) is 0 Å². The number of carbonyl (C=O) groups excluding carboxylic acids is 2. The van der Waals surface area contributed by atoms with Gasteiger partial charge in [0.05, 0.1) is 53.2 Å². The second-order valence-electron chi connectivity index (χ2n) is 20.0. The number of ether oxygens (including phenoxy) is 6. The number of hydrogen-bond donors (Lipinski definition) is 4. The number of alkyl carbamates (subject to hydrolysis) is 1. The van der Waals surface area contributed by atoms with E-state index in [1.807, 2.05) is 53.7 Å². The van der Waals surface area contributed by atoms with Crippen LogP contribution in [-0.2, 0) is 38.0 Å². The van der Waals surface area contributed by atoms with E-state index in [-0.39, 0.29) is 36.2 Å². The lowest BCUT2D eigenvalue weighted by Gasteiger charge is -2.55. The highest BCUT2D eigenvalue weighted by Gasteiger charge is 2.74. The van der Waals surface area contributed by atoms with Crippen molar-refractivity contribution in [1.29, 1.82) is 0 Å². The lowest BCUT2D eigenvalue weighted by Crippen LogP contribution is -2.65. The molecule has 3 spiro atoms. The van der Waals surface area contributed by atoms with Gasteiger partial charge in [-0.1, -0.05) is 74.1 Å². The van der Waals surface area contributed by atoms with Crippen LogP contribution < -0.4 is 5.32 Å². The van der Waals surface area contributed by atoms with E-state index in [4.69, 9.17) is 28.4 Å². The minimum atomic E-state index is -1.38. The molecule has 5 heterocycles. The molecule has 0 aromatic rings. The van der Waals surface area contributed by atoms with E-state index in [0.717, 1.165) is 6.42 Å². The molecule has 6 rings (SSSR count). The van der Waals surface area contributed by atoms with Crippen molar-refractivity contribution in [2.75, 3.05) is 6.61 Å². The van der Waals surface area contributed by atoms with Gasteiger partial charge in [-0.2, -0.15) is 0 Å². The van der Waals surface area contributed by atoms with Gasteiger partial charge in [0.2, 0.25) is 0 Å². The minimum Gasteiger partial charge on any atom is -0.481 e. The first-order valence-corrected chi connectivity index (χ1v) is 23.0. The Morgan fingerprint density at radius 3 is 2.28 bits per heavy atom. The van der Waals surface area contributed by atoms with Gasteiger partial charge >= 0.3 is 12.1 Å². The van der Waals surface area contributed by atoms with Crippen LogP contribution in [0.4, 0.5) is 4.79 Å². The summed E-state index contributed by atoms with van der Waals surface area (Å²) in [6.45, 7) is 23.4. The Morgan fingerprint density at radius 2 is 1.67 bits per heavy atom. The average Bonchev–Trinajstić information content (AvgIpc) is 3.67. The third-order valence-electron chi connectivity index (χ3n) is 16.4. The molecule has 18 atom stereocenters. The number of amides is 1. The van der Waals surface area contributed by atoms with E-state index in [2.05, 4.69) is 32.7 Å². The standard InChI is InChI=1S/C47H75NO12/c1-12-24-55-41(53)48-35-18-21-46(60-47(35)23-22-43(11,59-47)36-19-20-44(54,15-4)31(9)56-36)29(7)25-27(5)38(58-46)33(14-3)37(49)30(8)39(50)42(10)26-45(42)28(6)16-17-34(57-45)32(13-2)40(51)52/h12,18,21,27-36,38-39,50,54H,1,13-17,19-20,22-26H2,2-11H3,(H,48,53)(H,51,52)/t27-,28-,29+,30+,31-,32+,33?,34+,35?,36+,38-,39+,42?,43-,44+,45+,46-,47-/m0/s1. The van der Waals surface area contributed by atoms with Crippen LogP contribution in [0.2, 0.25) is 0 Å². The second-order valence-corrected chi connectivity index (χ2v) is 20.0. The summed E-state index contributed by atoms with van der Waals surface area (Å²) < 4.78 is 39.9. The fourth-order valence-corrected chi connectivity index (χ4v) is 12.1. The Balaban J connectivity index is 1.24. The molecule has 3 unspecified atom stereocenters. The second kappa shape index (κ2) is 17.3. The molecule has 5 aliphatic heterocycles. The molecular formula is C47H75NO12. The molecule has 5 fully saturated rings. The molecule has 60 heavy (non-hydrogen) atoms. The maximum atomic E-state index is 14.8. The van der Waals surface area contributed by atoms with Gasteiger partial charge in [-0.05, 0) is 96.0 Å². The van der Waals surface area contributed by atoms with Gasteiger partial charge in [0.15, 0.2) is 11.6 Å². The number of ketones is 1. The summed E-state index contributed by atoms with van der Waals surface area (Å²) in [5.41, 5.74) is -3.16. The predicted octanol–water partition coefficient (Wildman–Crippen LogP) is 7.25. The Kier molecular flexibility index (Phi) is 13.6. The predicted molar refractivity (Wildman–Crippen MR) is 224 cm³/mol. The van der Waals surface area contributed by atoms with E-state index < -0.39 is 94.1 Å². The van der Waals surface area contributed by atoms with Gasteiger partial charge in [-0.25, -0.2) is 4.79 Å². The number of nitrogens with one attached hydrogen (secondary N) is 1. The average molecular weight is 846 g/mol. The van der Waals surface area contributed by atoms with Crippen LogP contribution in [0.5, 0.6) is 0 Å². The first-order valence-electron chi connectivity index (χ1n) is 23.0. The lowest BCUT2D eigenvalue weighted by atomic mass is 9.72. The van der Waals surface area contributed by atoms with E-state index >= 15 is 0 Å². The molecule has 1 amide bonds. The fourth-order valence-electron chi connectivity index (χ4n) is 12.1. The van der Waals surface area contributed by atoms with Gasteiger partial charge in [0, 0.05) is 29.6 Å². The summed E-state index contributed by atoms with van der Waals surface area (Å²) in [5.74, 6) is -5.67. The number of aliphatic carboxylic acids is 1. The summed E-state index contributed by atoms with van der Waals surface area (Å²) in [6.07, 6.45) is 8.11. The SMILES string of the molecule is C=CCOC(=O)NC1C=C[C@]2(O[C@H](C(CC)C(=O)[C@@H](C)[C@@H](O)C3(C)C[C@]34O[C@@H]([C@@H](CC)C(=O)O)CC[C@@H]4C)[C@@H](C)C[C@H]2C)O[C@@]12CC[C@@](C)([C@H]1CC[C@](O)(CC)[C@H](C)O1)O2. The van der Waals surface area contributed by atoms with E-state index in [1.54, 1.807) is 6.92 Å².